The fraction of sp³-hybridized carbons (Fsp3) is 0.571. The molecule has 0 fully saturated rings. The molecule has 0 aliphatic heterocycles. The number of hydrogen-bond acceptors (Lipinski definition) is 2. The fourth-order valence-electron chi connectivity index (χ4n) is 1.59. The summed E-state index contributed by atoms with van der Waals surface area (Å²) in [6, 6.07) is 8.63. The van der Waals surface area contributed by atoms with Crippen LogP contribution in [0, 0.1) is 0 Å². The molecule has 1 aromatic carbocycles. The van der Waals surface area contributed by atoms with E-state index in [1.807, 2.05) is 6.92 Å². The third kappa shape index (κ3) is 2.76. The Morgan fingerprint density at radius 2 is 1.75 bits per heavy atom. The van der Waals surface area contributed by atoms with Crippen LogP contribution < -0.4 is 10.6 Å². The van der Waals surface area contributed by atoms with Gasteiger partial charge in [-0.2, -0.15) is 0 Å². The Morgan fingerprint density at radius 1 is 1.25 bits per heavy atom. The van der Waals surface area contributed by atoms with Crippen molar-refractivity contribution in [2.75, 3.05) is 11.9 Å². The Morgan fingerprint density at radius 3 is 2.12 bits per heavy atom. The number of rotatable bonds is 4. The van der Waals surface area contributed by atoms with Crippen molar-refractivity contribution in [1.29, 1.82) is 0 Å². The van der Waals surface area contributed by atoms with E-state index < -0.39 is 0 Å². The van der Waals surface area contributed by atoms with E-state index in [2.05, 4.69) is 57.0 Å². The number of hydrogen-bond donors (Lipinski definition) is 1. The first-order chi connectivity index (χ1) is 7.38. The summed E-state index contributed by atoms with van der Waals surface area (Å²) in [5.41, 5.74) is 8.46. The Bertz CT molecular complexity index is 325. The lowest BCUT2D eigenvalue weighted by Crippen LogP contribution is -2.40. The highest BCUT2D eigenvalue weighted by Crippen LogP contribution is 2.25. The van der Waals surface area contributed by atoms with Crippen molar-refractivity contribution in [3.05, 3.63) is 29.8 Å². The number of anilines is 1. The van der Waals surface area contributed by atoms with Gasteiger partial charge in [-0.1, -0.05) is 19.1 Å². The molecule has 2 nitrogen and oxygen atoms in total. The first kappa shape index (κ1) is 13.0. The molecular formula is C14H24N2. The number of nitrogens with two attached hydrogens (primary N) is 1. The minimum absolute atomic E-state index is 0.110. The maximum Gasteiger partial charge on any atom is 0.0368 e. The monoisotopic (exact) mass is 220 g/mol. The van der Waals surface area contributed by atoms with Crippen LogP contribution in [0.25, 0.3) is 0 Å². The number of benzene rings is 1. The molecule has 1 atom stereocenters. The van der Waals surface area contributed by atoms with Gasteiger partial charge in [-0.05, 0) is 44.9 Å². The highest BCUT2D eigenvalue weighted by molar-refractivity contribution is 5.49. The van der Waals surface area contributed by atoms with E-state index in [9.17, 15) is 0 Å². The van der Waals surface area contributed by atoms with Gasteiger partial charge in [0.2, 0.25) is 0 Å². The Kier molecular flexibility index (Phi) is 3.98. The molecule has 0 radical (unpaired) electrons. The maximum atomic E-state index is 5.84. The van der Waals surface area contributed by atoms with Crippen LogP contribution >= 0.6 is 0 Å². The second-order valence-electron chi connectivity index (χ2n) is 5.11. The maximum absolute atomic E-state index is 5.84. The van der Waals surface area contributed by atoms with Crippen LogP contribution in [-0.2, 0) is 0 Å². The van der Waals surface area contributed by atoms with Crippen LogP contribution in [0.4, 0.5) is 5.69 Å². The fourth-order valence-corrected chi connectivity index (χ4v) is 1.59. The lowest BCUT2D eigenvalue weighted by atomic mass is 9.98. The molecule has 90 valence electrons. The van der Waals surface area contributed by atoms with Crippen LogP contribution in [0.15, 0.2) is 24.3 Å². The van der Waals surface area contributed by atoms with Crippen LogP contribution in [-0.4, -0.2) is 12.6 Å². The van der Waals surface area contributed by atoms with Crippen molar-refractivity contribution in [1.82, 2.24) is 0 Å². The van der Waals surface area contributed by atoms with Gasteiger partial charge >= 0.3 is 0 Å². The SMILES string of the molecule is CCC(C)(C)N(C)c1ccc([C@H](C)N)cc1. The molecule has 1 aromatic rings. The van der Waals surface area contributed by atoms with E-state index in [0.29, 0.717) is 0 Å². The molecule has 0 aliphatic rings. The molecule has 0 saturated carbocycles. The van der Waals surface area contributed by atoms with Crippen molar-refractivity contribution in [3.63, 3.8) is 0 Å². The first-order valence-corrected chi connectivity index (χ1v) is 5.98. The van der Waals surface area contributed by atoms with Gasteiger partial charge in [0.1, 0.15) is 0 Å². The molecule has 0 saturated heterocycles. The molecule has 0 aliphatic carbocycles. The molecule has 0 bridgehead atoms. The summed E-state index contributed by atoms with van der Waals surface area (Å²) in [6.07, 6.45) is 1.12. The molecular weight excluding hydrogens is 196 g/mol. The topological polar surface area (TPSA) is 29.3 Å². The van der Waals surface area contributed by atoms with E-state index in [1.54, 1.807) is 0 Å². The van der Waals surface area contributed by atoms with E-state index >= 15 is 0 Å². The van der Waals surface area contributed by atoms with E-state index in [-0.39, 0.29) is 11.6 Å². The van der Waals surface area contributed by atoms with Gasteiger partial charge in [0.05, 0.1) is 0 Å². The summed E-state index contributed by atoms with van der Waals surface area (Å²) in [5, 5.41) is 0. The zero-order valence-electron chi connectivity index (χ0n) is 11.1. The summed E-state index contributed by atoms with van der Waals surface area (Å²) in [4.78, 5) is 2.32. The largest absolute Gasteiger partial charge is 0.369 e. The Hall–Kier alpha value is -1.02. The van der Waals surface area contributed by atoms with Crippen LogP contribution in [0.5, 0.6) is 0 Å². The summed E-state index contributed by atoms with van der Waals surface area (Å²) >= 11 is 0. The van der Waals surface area contributed by atoms with Gasteiger partial charge < -0.3 is 10.6 Å². The zero-order valence-corrected chi connectivity index (χ0v) is 11.1. The first-order valence-electron chi connectivity index (χ1n) is 5.98. The second kappa shape index (κ2) is 4.88. The smallest absolute Gasteiger partial charge is 0.0368 e. The molecule has 0 heterocycles. The lowest BCUT2D eigenvalue weighted by molar-refractivity contribution is 0.471. The molecule has 0 aromatic heterocycles. The standard InChI is InChI=1S/C14H24N2/c1-6-14(3,4)16(5)13-9-7-12(8-10-13)11(2)15/h7-11H,6,15H2,1-5H3/t11-/m0/s1. The molecule has 2 heteroatoms. The van der Waals surface area contributed by atoms with Gasteiger partial charge in [0.15, 0.2) is 0 Å². The zero-order chi connectivity index (χ0) is 12.3. The van der Waals surface area contributed by atoms with Crippen molar-refractivity contribution < 1.29 is 0 Å². The second-order valence-corrected chi connectivity index (χ2v) is 5.11. The van der Waals surface area contributed by atoms with Crippen LogP contribution in [0.3, 0.4) is 0 Å². The quantitative estimate of drug-likeness (QED) is 0.843. The van der Waals surface area contributed by atoms with Crippen molar-refractivity contribution in [2.24, 2.45) is 5.73 Å². The Labute approximate surface area is 99.5 Å². The molecule has 0 spiro atoms. The molecule has 2 N–H and O–H groups in total. The minimum Gasteiger partial charge on any atom is -0.369 e. The average Bonchev–Trinajstić information content (AvgIpc) is 2.28. The van der Waals surface area contributed by atoms with Gasteiger partial charge in [-0.15, -0.1) is 0 Å². The van der Waals surface area contributed by atoms with Gasteiger partial charge in [-0.25, -0.2) is 0 Å². The van der Waals surface area contributed by atoms with Gasteiger partial charge in [0.25, 0.3) is 0 Å². The Balaban J connectivity index is 2.90. The lowest BCUT2D eigenvalue weighted by Gasteiger charge is -2.37. The summed E-state index contributed by atoms with van der Waals surface area (Å²) in [6.45, 7) is 8.74. The molecule has 16 heavy (non-hydrogen) atoms. The van der Waals surface area contributed by atoms with Crippen molar-refractivity contribution in [3.8, 4) is 0 Å². The predicted octanol–water partition coefficient (Wildman–Crippen LogP) is 3.33. The third-order valence-corrected chi connectivity index (χ3v) is 3.58. The van der Waals surface area contributed by atoms with Crippen LogP contribution in [0.1, 0.15) is 45.7 Å². The molecule has 1 rings (SSSR count). The third-order valence-electron chi connectivity index (χ3n) is 3.58. The number of nitrogens with zero attached hydrogens (tertiary/aromatic N) is 1. The highest BCUT2D eigenvalue weighted by Gasteiger charge is 2.21. The molecule has 0 amide bonds. The summed E-state index contributed by atoms with van der Waals surface area (Å²) < 4.78 is 0. The summed E-state index contributed by atoms with van der Waals surface area (Å²) in [7, 11) is 2.14. The van der Waals surface area contributed by atoms with Gasteiger partial charge in [0, 0.05) is 24.3 Å². The normalized spacial score (nSPS) is 13.6. The average molecular weight is 220 g/mol. The summed E-state index contributed by atoms with van der Waals surface area (Å²) in [5.74, 6) is 0. The van der Waals surface area contributed by atoms with E-state index in [1.165, 1.54) is 11.3 Å². The highest BCUT2D eigenvalue weighted by atomic mass is 15.2. The van der Waals surface area contributed by atoms with Crippen molar-refractivity contribution >= 4 is 5.69 Å². The minimum atomic E-state index is 0.110. The van der Waals surface area contributed by atoms with E-state index in [4.69, 9.17) is 5.73 Å². The molecule has 0 unspecified atom stereocenters. The van der Waals surface area contributed by atoms with E-state index in [0.717, 1.165) is 6.42 Å². The van der Waals surface area contributed by atoms with Crippen molar-refractivity contribution in [2.45, 2.75) is 45.7 Å². The predicted molar refractivity (Wildman–Crippen MR) is 71.8 cm³/mol. The van der Waals surface area contributed by atoms with Gasteiger partial charge in [-0.3, -0.25) is 0 Å². The van der Waals surface area contributed by atoms with Crippen LogP contribution in [0.2, 0.25) is 0 Å².